The van der Waals surface area contributed by atoms with Crippen molar-refractivity contribution in [1.29, 1.82) is 0 Å². The number of hydrogen-bond acceptors (Lipinski definition) is 7. The molecule has 2 fully saturated rings. The van der Waals surface area contributed by atoms with Crippen molar-refractivity contribution in [2.45, 2.75) is 57.1 Å². The van der Waals surface area contributed by atoms with Crippen molar-refractivity contribution in [3.63, 3.8) is 0 Å². The van der Waals surface area contributed by atoms with Gasteiger partial charge in [-0.2, -0.15) is 0 Å². The van der Waals surface area contributed by atoms with Crippen LogP contribution in [0.5, 0.6) is 0 Å². The molecule has 0 spiro atoms. The molecule has 5 N–H and O–H groups in total. The molecule has 6 atom stereocenters. The summed E-state index contributed by atoms with van der Waals surface area (Å²) in [5, 5.41) is 21.8. The van der Waals surface area contributed by atoms with Crippen molar-refractivity contribution in [3.05, 3.63) is 10.6 Å². The van der Waals surface area contributed by atoms with Gasteiger partial charge in [-0.15, -0.1) is 11.8 Å². The lowest BCUT2D eigenvalue weighted by Gasteiger charge is -2.45. The number of amides is 2. The maximum absolute atomic E-state index is 12.5. The average Bonchev–Trinajstić information content (AvgIpc) is 3.24. The van der Waals surface area contributed by atoms with Gasteiger partial charge in [0, 0.05) is 35.8 Å². The number of aliphatic hydroxyl groups is 1. The van der Waals surface area contributed by atoms with Crippen molar-refractivity contribution in [2.24, 2.45) is 23.5 Å². The number of ether oxygens (including phenoxy) is 1. The maximum atomic E-state index is 12.5. The Morgan fingerprint density at radius 1 is 1.40 bits per heavy atom. The highest BCUT2D eigenvalue weighted by molar-refractivity contribution is 8.03. The summed E-state index contributed by atoms with van der Waals surface area (Å²) in [5.41, 5.74) is 5.93. The number of rotatable bonds is 9. The van der Waals surface area contributed by atoms with Gasteiger partial charge in [0.25, 0.3) is 0 Å². The van der Waals surface area contributed by atoms with E-state index in [2.05, 4.69) is 5.32 Å². The van der Waals surface area contributed by atoms with Gasteiger partial charge in [-0.3, -0.25) is 9.59 Å². The molecule has 2 amide bonds. The lowest BCUT2D eigenvalue weighted by molar-refractivity contribution is -0.157. The monoisotopic (exact) mass is 441 g/mol. The Kier molecular flexibility index (Phi) is 7.11. The largest absolute Gasteiger partial charge is 0.477 e. The number of nitrogens with two attached hydrogens (primary N) is 1. The number of fused-ring (bicyclic) bond motifs is 1. The van der Waals surface area contributed by atoms with Crippen molar-refractivity contribution in [3.8, 4) is 0 Å². The summed E-state index contributed by atoms with van der Waals surface area (Å²) in [7, 11) is 0. The van der Waals surface area contributed by atoms with E-state index in [1.165, 1.54) is 16.7 Å². The summed E-state index contributed by atoms with van der Waals surface area (Å²) < 4.78 is 5.79. The SMILES string of the molecule is CC(C)[C@H](N)C(=O)NC[C@H]1OCC[C@H]1SC1=C(C(=O)O)N2C(=O)[C@@H](CCO)[C@H]2[C@H]1C. The first kappa shape index (κ1) is 23.1. The molecule has 0 radical (unpaired) electrons. The average molecular weight is 442 g/mol. The molecular weight excluding hydrogens is 410 g/mol. The predicted molar refractivity (Wildman–Crippen MR) is 111 cm³/mol. The molecule has 0 unspecified atom stereocenters. The van der Waals surface area contributed by atoms with Crippen LogP contribution in [-0.2, 0) is 19.1 Å². The first-order valence-electron chi connectivity index (χ1n) is 10.4. The normalized spacial score (nSPS) is 31.7. The van der Waals surface area contributed by atoms with Crippen molar-refractivity contribution < 1.29 is 29.3 Å². The summed E-state index contributed by atoms with van der Waals surface area (Å²) in [4.78, 5) is 38.6. The van der Waals surface area contributed by atoms with Crippen LogP contribution in [0.4, 0.5) is 0 Å². The molecule has 9 nitrogen and oxygen atoms in total. The third-order valence-electron chi connectivity index (χ3n) is 6.23. The molecule has 2 saturated heterocycles. The highest BCUT2D eigenvalue weighted by atomic mass is 32.2. The number of nitrogens with one attached hydrogen (secondary N) is 1. The number of nitrogens with zero attached hydrogens (tertiary/aromatic N) is 1. The van der Waals surface area contributed by atoms with E-state index < -0.39 is 12.0 Å². The fourth-order valence-electron chi connectivity index (χ4n) is 4.43. The topological polar surface area (TPSA) is 142 Å². The maximum Gasteiger partial charge on any atom is 0.353 e. The van der Waals surface area contributed by atoms with Crippen LogP contribution in [0.2, 0.25) is 0 Å². The van der Waals surface area contributed by atoms with Gasteiger partial charge in [0.1, 0.15) is 5.70 Å². The number of carboxylic acids is 1. The van der Waals surface area contributed by atoms with Crippen LogP contribution in [-0.4, -0.2) is 76.1 Å². The summed E-state index contributed by atoms with van der Waals surface area (Å²) in [6, 6.07) is -0.811. The lowest BCUT2D eigenvalue weighted by atomic mass is 9.80. The van der Waals surface area contributed by atoms with Gasteiger partial charge in [0.2, 0.25) is 11.8 Å². The van der Waals surface area contributed by atoms with E-state index in [9.17, 15) is 24.6 Å². The van der Waals surface area contributed by atoms with Gasteiger partial charge in [-0.1, -0.05) is 20.8 Å². The molecule has 10 heteroatoms. The Hall–Kier alpha value is -1.62. The minimum Gasteiger partial charge on any atom is -0.477 e. The molecule has 3 aliphatic rings. The number of carboxylic acid groups (broad SMARTS) is 1. The zero-order valence-corrected chi connectivity index (χ0v) is 18.4. The Morgan fingerprint density at radius 3 is 2.70 bits per heavy atom. The highest BCUT2D eigenvalue weighted by Gasteiger charge is 2.58. The van der Waals surface area contributed by atoms with Crippen LogP contribution in [0, 0.1) is 17.8 Å². The summed E-state index contributed by atoms with van der Waals surface area (Å²) in [6.45, 7) is 6.42. The zero-order chi connectivity index (χ0) is 22.2. The van der Waals surface area contributed by atoms with E-state index in [1.54, 1.807) is 0 Å². The van der Waals surface area contributed by atoms with Gasteiger partial charge in [-0.25, -0.2) is 4.79 Å². The molecule has 3 rings (SSSR count). The van der Waals surface area contributed by atoms with Crippen molar-refractivity contribution in [2.75, 3.05) is 19.8 Å². The van der Waals surface area contributed by atoms with Gasteiger partial charge in [0.05, 0.1) is 24.1 Å². The fourth-order valence-corrected chi connectivity index (χ4v) is 5.95. The van der Waals surface area contributed by atoms with Gasteiger partial charge >= 0.3 is 5.97 Å². The van der Waals surface area contributed by atoms with Crippen molar-refractivity contribution >= 4 is 29.5 Å². The molecule has 0 aromatic carbocycles. The molecule has 0 aromatic rings. The molecule has 0 bridgehead atoms. The van der Waals surface area contributed by atoms with E-state index >= 15 is 0 Å². The van der Waals surface area contributed by atoms with Crippen molar-refractivity contribution in [1.82, 2.24) is 10.2 Å². The lowest BCUT2D eigenvalue weighted by Crippen LogP contribution is -2.60. The molecule has 168 valence electrons. The van der Waals surface area contributed by atoms with Crippen LogP contribution < -0.4 is 11.1 Å². The molecule has 30 heavy (non-hydrogen) atoms. The standard InChI is InChI=1S/C20H31N3O6S/c1-9(2)14(21)18(25)22-8-12-13(5-7-29-12)30-17-10(3)15-11(4-6-24)19(26)23(15)16(17)20(27)28/h9-15,24H,4-8,21H2,1-3H3,(H,22,25)(H,27,28)/t10-,11+,12-,13-,14+,15-/m1/s1. The summed E-state index contributed by atoms with van der Waals surface area (Å²) in [6.07, 6.45) is 0.806. The van der Waals surface area contributed by atoms with Gasteiger partial charge in [-0.05, 0) is 18.8 Å². The first-order valence-corrected chi connectivity index (χ1v) is 11.3. The quantitative estimate of drug-likeness (QED) is 0.370. The third-order valence-corrected chi connectivity index (χ3v) is 7.89. The van der Waals surface area contributed by atoms with Crippen LogP contribution in [0.25, 0.3) is 0 Å². The number of aliphatic hydroxyl groups excluding tert-OH is 1. The summed E-state index contributed by atoms with van der Waals surface area (Å²) >= 11 is 1.44. The number of hydrogen-bond donors (Lipinski definition) is 4. The second-order valence-corrected chi connectivity index (χ2v) is 9.77. The molecule has 3 heterocycles. The molecule has 3 aliphatic heterocycles. The first-order chi connectivity index (χ1) is 14.2. The van der Waals surface area contributed by atoms with Gasteiger partial charge in [0.15, 0.2) is 0 Å². The molecule has 0 saturated carbocycles. The predicted octanol–water partition coefficient (Wildman–Crippen LogP) is 0.132. The smallest absolute Gasteiger partial charge is 0.353 e. The van der Waals surface area contributed by atoms with E-state index in [0.717, 1.165) is 6.42 Å². The Balaban J connectivity index is 1.70. The molecule has 0 aromatic heterocycles. The number of aliphatic carboxylic acids is 1. The summed E-state index contributed by atoms with van der Waals surface area (Å²) in [5.74, 6) is -2.02. The second kappa shape index (κ2) is 9.25. The number of thioether (sulfide) groups is 1. The van der Waals surface area contributed by atoms with E-state index in [0.29, 0.717) is 24.5 Å². The minimum absolute atomic E-state index is 0.0243. The second-order valence-electron chi connectivity index (χ2n) is 8.49. The van der Waals surface area contributed by atoms with E-state index in [-0.39, 0.29) is 59.3 Å². The Bertz CT molecular complexity index is 742. The van der Waals surface area contributed by atoms with Gasteiger partial charge < -0.3 is 30.9 Å². The number of carbonyl (C=O) groups excluding carboxylic acids is 2. The highest BCUT2D eigenvalue weighted by Crippen LogP contribution is 2.52. The van der Waals surface area contributed by atoms with Crippen LogP contribution in [0.3, 0.4) is 0 Å². The minimum atomic E-state index is -1.12. The van der Waals surface area contributed by atoms with Crippen LogP contribution in [0.1, 0.15) is 33.6 Å². The Morgan fingerprint density at radius 2 is 2.10 bits per heavy atom. The zero-order valence-electron chi connectivity index (χ0n) is 17.5. The van der Waals surface area contributed by atoms with Crippen LogP contribution >= 0.6 is 11.8 Å². The molecular formula is C20H31N3O6S. The Labute approximate surface area is 180 Å². The van der Waals surface area contributed by atoms with E-state index in [4.69, 9.17) is 10.5 Å². The molecule has 0 aliphatic carbocycles. The van der Waals surface area contributed by atoms with Crippen LogP contribution in [0.15, 0.2) is 10.6 Å². The van der Waals surface area contributed by atoms with E-state index in [1.807, 2.05) is 20.8 Å². The third kappa shape index (κ3) is 4.10. The fraction of sp³-hybridized carbons (Fsp3) is 0.750. The number of carbonyl (C=O) groups is 3. The number of β-lactam (4-membered cyclic amide) rings is 1.